The number of rotatable bonds is 5. The van der Waals surface area contributed by atoms with E-state index in [2.05, 4.69) is 16.9 Å². The molecule has 1 fully saturated rings. The van der Waals surface area contributed by atoms with E-state index in [1.54, 1.807) is 18.2 Å². The lowest BCUT2D eigenvalue weighted by Crippen LogP contribution is -2.39. The third kappa shape index (κ3) is 3.49. The predicted octanol–water partition coefficient (Wildman–Crippen LogP) is 2.13. The Morgan fingerprint density at radius 1 is 1.42 bits per heavy atom. The predicted molar refractivity (Wildman–Crippen MR) is 90.7 cm³/mol. The molecule has 1 aromatic carbocycles. The highest BCUT2D eigenvalue weighted by molar-refractivity contribution is 5.94. The molecule has 0 N–H and O–H groups in total. The maximum Gasteiger partial charge on any atom is 0.253 e. The monoisotopic (exact) mass is 329 g/mol. The number of nitrogens with zero attached hydrogens (tertiary/aromatic N) is 3. The highest BCUT2D eigenvalue weighted by atomic mass is 16.5. The highest BCUT2D eigenvalue weighted by Crippen LogP contribution is 2.21. The molecule has 3 rings (SSSR count). The molecule has 0 bridgehead atoms. The van der Waals surface area contributed by atoms with Gasteiger partial charge in [0.1, 0.15) is 0 Å². The smallest absolute Gasteiger partial charge is 0.253 e. The maximum absolute atomic E-state index is 12.6. The van der Waals surface area contributed by atoms with Crippen molar-refractivity contribution in [3.8, 4) is 11.3 Å². The van der Waals surface area contributed by atoms with Gasteiger partial charge in [-0.3, -0.25) is 9.69 Å². The van der Waals surface area contributed by atoms with Crippen LogP contribution in [0, 0.1) is 0 Å². The van der Waals surface area contributed by atoms with Crippen LogP contribution in [0.2, 0.25) is 0 Å². The summed E-state index contributed by atoms with van der Waals surface area (Å²) >= 11 is 0. The Balaban J connectivity index is 1.63. The minimum absolute atomic E-state index is 0.0217. The molecule has 2 heterocycles. The number of likely N-dealkylation sites (N-methyl/N-ethyl adjacent to an activating group) is 2. The SMILES string of the molecule is CO[C@H]1C[C@@H](CN(C)C(=O)c2ccc(-c3cnco3)cc2)N(C)C1. The van der Waals surface area contributed by atoms with Crippen LogP contribution < -0.4 is 0 Å². The summed E-state index contributed by atoms with van der Waals surface area (Å²) in [6.45, 7) is 1.61. The Kier molecular flexibility index (Phi) is 4.97. The number of benzene rings is 1. The van der Waals surface area contributed by atoms with Crippen molar-refractivity contribution in [3.05, 3.63) is 42.4 Å². The first kappa shape index (κ1) is 16.7. The standard InChI is InChI=1S/C18H23N3O3/c1-20-11-16(23-3)8-15(20)10-21(2)18(22)14-6-4-13(5-7-14)17-9-19-12-24-17/h4-7,9,12,15-16H,8,10-11H2,1-3H3/t15-,16-/m0/s1. The lowest BCUT2D eigenvalue weighted by Gasteiger charge is -2.25. The molecule has 6 heteroatoms. The van der Waals surface area contributed by atoms with Crippen molar-refractivity contribution in [2.75, 3.05) is 34.3 Å². The van der Waals surface area contributed by atoms with Crippen LogP contribution in [0.15, 0.2) is 41.3 Å². The first-order valence-corrected chi connectivity index (χ1v) is 8.06. The van der Waals surface area contributed by atoms with Gasteiger partial charge >= 0.3 is 0 Å². The van der Waals surface area contributed by atoms with Crippen LogP contribution >= 0.6 is 0 Å². The number of carbonyl (C=O) groups is 1. The van der Waals surface area contributed by atoms with Crippen LogP contribution in [-0.4, -0.2) is 67.1 Å². The molecular weight excluding hydrogens is 306 g/mol. The van der Waals surface area contributed by atoms with Gasteiger partial charge in [-0.15, -0.1) is 0 Å². The van der Waals surface area contributed by atoms with Crippen molar-refractivity contribution >= 4 is 5.91 Å². The van der Waals surface area contributed by atoms with E-state index in [9.17, 15) is 4.79 Å². The summed E-state index contributed by atoms with van der Waals surface area (Å²) in [5, 5.41) is 0. The number of carbonyl (C=O) groups excluding carboxylic acids is 1. The molecule has 0 saturated carbocycles. The van der Waals surface area contributed by atoms with E-state index in [4.69, 9.17) is 9.15 Å². The number of aromatic nitrogens is 1. The van der Waals surface area contributed by atoms with E-state index >= 15 is 0 Å². The number of likely N-dealkylation sites (tertiary alicyclic amines) is 1. The second kappa shape index (κ2) is 7.15. The Bertz CT molecular complexity index is 669. The van der Waals surface area contributed by atoms with Crippen molar-refractivity contribution in [3.63, 3.8) is 0 Å². The zero-order valence-corrected chi connectivity index (χ0v) is 14.3. The molecule has 128 valence electrons. The van der Waals surface area contributed by atoms with Gasteiger partial charge in [-0.25, -0.2) is 4.98 Å². The molecular formula is C18H23N3O3. The number of hydrogen-bond acceptors (Lipinski definition) is 5. The lowest BCUT2D eigenvalue weighted by atomic mass is 10.1. The third-order valence-electron chi connectivity index (χ3n) is 4.66. The summed E-state index contributed by atoms with van der Waals surface area (Å²) in [7, 11) is 5.67. The maximum atomic E-state index is 12.6. The number of oxazole rings is 1. The van der Waals surface area contributed by atoms with E-state index in [1.165, 1.54) is 6.39 Å². The van der Waals surface area contributed by atoms with E-state index in [0.717, 1.165) is 18.5 Å². The van der Waals surface area contributed by atoms with Crippen LogP contribution in [0.25, 0.3) is 11.3 Å². The Morgan fingerprint density at radius 2 is 2.17 bits per heavy atom. The van der Waals surface area contributed by atoms with Crippen molar-refractivity contribution in [2.45, 2.75) is 18.6 Å². The fourth-order valence-electron chi connectivity index (χ4n) is 3.17. The fraction of sp³-hybridized carbons (Fsp3) is 0.444. The zero-order chi connectivity index (χ0) is 17.1. The Hall–Kier alpha value is -2.18. The van der Waals surface area contributed by atoms with Gasteiger partial charge < -0.3 is 14.1 Å². The summed E-state index contributed by atoms with van der Waals surface area (Å²) in [4.78, 5) is 20.6. The summed E-state index contributed by atoms with van der Waals surface area (Å²) in [6.07, 6.45) is 4.26. The van der Waals surface area contributed by atoms with E-state index in [1.807, 2.05) is 31.3 Å². The molecule has 0 radical (unpaired) electrons. The molecule has 1 amide bonds. The number of methoxy groups -OCH3 is 1. The largest absolute Gasteiger partial charge is 0.444 e. The van der Waals surface area contributed by atoms with E-state index in [0.29, 0.717) is 23.9 Å². The third-order valence-corrected chi connectivity index (χ3v) is 4.66. The van der Waals surface area contributed by atoms with Gasteiger partial charge in [-0.2, -0.15) is 0 Å². The van der Waals surface area contributed by atoms with Crippen LogP contribution in [0.3, 0.4) is 0 Å². The average molecular weight is 329 g/mol. The molecule has 1 saturated heterocycles. The molecule has 0 aliphatic carbocycles. The normalized spacial score (nSPS) is 21.1. The second-order valence-corrected chi connectivity index (χ2v) is 6.32. The quantitative estimate of drug-likeness (QED) is 0.841. The summed E-state index contributed by atoms with van der Waals surface area (Å²) in [5.74, 6) is 0.717. The van der Waals surface area contributed by atoms with Gasteiger partial charge in [0.05, 0.1) is 12.3 Å². The summed E-state index contributed by atoms with van der Waals surface area (Å²) in [6, 6.07) is 7.74. The summed E-state index contributed by atoms with van der Waals surface area (Å²) in [5.41, 5.74) is 1.58. The fourth-order valence-corrected chi connectivity index (χ4v) is 3.17. The molecule has 1 aliphatic heterocycles. The lowest BCUT2D eigenvalue weighted by molar-refractivity contribution is 0.0760. The van der Waals surface area contributed by atoms with Gasteiger partial charge in [-0.05, 0) is 25.6 Å². The van der Waals surface area contributed by atoms with Crippen LogP contribution in [0.1, 0.15) is 16.8 Å². The highest BCUT2D eigenvalue weighted by Gasteiger charge is 2.31. The van der Waals surface area contributed by atoms with Crippen LogP contribution in [-0.2, 0) is 4.74 Å². The van der Waals surface area contributed by atoms with Crippen molar-refractivity contribution in [1.29, 1.82) is 0 Å². The summed E-state index contributed by atoms with van der Waals surface area (Å²) < 4.78 is 10.7. The van der Waals surface area contributed by atoms with Crippen molar-refractivity contribution in [2.24, 2.45) is 0 Å². The average Bonchev–Trinajstić information content (AvgIpc) is 3.25. The van der Waals surface area contributed by atoms with Crippen LogP contribution in [0.5, 0.6) is 0 Å². The molecule has 24 heavy (non-hydrogen) atoms. The molecule has 1 aliphatic rings. The number of ether oxygens (including phenoxy) is 1. The van der Waals surface area contributed by atoms with Gasteiger partial charge in [0.15, 0.2) is 12.2 Å². The van der Waals surface area contributed by atoms with E-state index in [-0.39, 0.29) is 12.0 Å². The minimum Gasteiger partial charge on any atom is -0.444 e. The molecule has 2 aromatic rings. The zero-order valence-electron chi connectivity index (χ0n) is 14.3. The molecule has 0 unspecified atom stereocenters. The van der Waals surface area contributed by atoms with E-state index < -0.39 is 0 Å². The molecule has 0 spiro atoms. The van der Waals surface area contributed by atoms with Gasteiger partial charge in [0.25, 0.3) is 5.91 Å². The Labute approximate surface area is 142 Å². The Morgan fingerprint density at radius 3 is 2.75 bits per heavy atom. The van der Waals surface area contributed by atoms with Gasteiger partial charge in [0, 0.05) is 44.4 Å². The topological polar surface area (TPSA) is 58.8 Å². The van der Waals surface area contributed by atoms with Crippen LogP contribution in [0.4, 0.5) is 0 Å². The molecule has 1 aromatic heterocycles. The first-order chi connectivity index (χ1) is 11.6. The van der Waals surface area contributed by atoms with Gasteiger partial charge in [0.2, 0.25) is 0 Å². The minimum atomic E-state index is 0.0217. The van der Waals surface area contributed by atoms with Gasteiger partial charge in [-0.1, -0.05) is 12.1 Å². The van der Waals surface area contributed by atoms with Crippen molar-refractivity contribution < 1.29 is 13.9 Å². The van der Waals surface area contributed by atoms with Crippen molar-refractivity contribution in [1.82, 2.24) is 14.8 Å². The molecule has 2 atom stereocenters. The number of amides is 1. The molecule has 6 nitrogen and oxygen atoms in total. The number of hydrogen-bond donors (Lipinski definition) is 0. The first-order valence-electron chi connectivity index (χ1n) is 8.06. The second-order valence-electron chi connectivity index (χ2n) is 6.32.